The summed E-state index contributed by atoms with van der Waals surface area (Å²) >= 11 is 1.32. The van der Waals surface area contributed by atoms with Crippen molar-refractivity contribution in [2.24, 2.45) is 0 Å². The van der Waals surface area contributed by atoms with Crippen LogP contribution >= 0.6 is 11.8 Å². The highest BCUT2D eigenvalue weighted by molar-refractivity contribution is 7.99. The van der Waals surface area contributed by atoms with Gasteiger partial charge in [-0.1, -0.05) is 6.92 Å². The first-order chi connectivity index (χ1) is 11.8. The Hall–Kier alpha value is -2.09. The van der Waals surface area contributed by atoms with Gasteiger partial charge < -0.3 is 4.57 Å². The quantitative estimate of drug-likeness (QED) is 0.613. The van der Waals surface area contributed by atoms with E-state index in [0.717, 1.165) is 17.8 Å². The molecule has 0 aromatic carbocycles. The van der Waals surface area contributed by atoms with Gasteiger partial charge >= 0.3 is 6.18 Å². The molecule has 25 heavy (non-hydrogen) atoms. The predicted molar refractivity (Wildman–Crippen MR) is 92.6 cm³/mol. The van der Waals surface area contributed by atoms with Crippen molar-refractivity contribution in [2.75, 3.05) is 5.75 Å². The van der Waals surface area contributed by atoms with E-state index in [2.05, 4.69) is 15.0 Å². The van der Waals surface area contributed by atoms with Crippen LogP contribution in [0.3, 0.4) is 0 Å². The molecule has 0 unspecified atom stereocenters. The largest absolute Gasteiger partial charge is 0.417 e. The van der Waals surface area contributed by atoms with E-state index in [1.165, 1.54) is 11.8 Å². The fourth-order valence-electron chi connectivity index (χ4n) is 2.62. The lowest BCUT2D eigenvalue weighted by atomic mass is 10.2. The van der Waals surface area contributed by atoms with Gasteiger partial charge in [0.15, 0.2) is 11.5 Å². The highest BCUT2D eigenvalue weighted by atomic mass is 32.2. The Labute approximate surface area is 147 Å². The van der Waals surface area contributed by atoms with Crippen LogP contribution in [0.4, 0.5) is 13.2 Å². The lowest BCUT2D eigenvalue weighted by Gasteiger charge is -2.12. The Bertz CT molecular complexity index is 918. The van der Waals surface area contributed by atoms with Gasteiger partial charge in [-0.3, -0.25) is 4.98 Å². The lowest BCUT2D eigenvalue weighted by Crippen LogP contribution is -2.08. The molecule has 0 amide bonds. The minimum Gasteiger partial charge on any atom is -0.308 e. The van der Waals surface area contributed by atoms with Gasteiger partial charge in [0.2, 0.25) is 0 Å². The fourth-order valence-corrected chi connectivity index (χ4v) is 3.43. The van der Waals surface area contributed by atoms with Crippen molar-refractivity contribution in [1.29, 1.82) is 0 Å². The van der Waals surface area contributed by atoms with Gasteiger partial charge in [0, 0.05) is 23.8 Å². The van der Waals surface area contributed by atoms with Gasteiger partial charge in [-0.15, -0.1) is 11.8 Å². The molecule has 0 radical (unpaired) electrons. The molecular formula is C17H17F3N4S. The van der Waals surface area contributed by atoms with Gasteiger partial charge in [0.25, 0.3) is 0 Å². The van der Waals surface area contributed by atoms with Crippen LogP contribution in [-0.2, 0) is 12.7 Å². The van der Waals surface area contributed by atoms with Crippen molar-refractivity contribution < 1.29 is 13.2 Å². The zero-order valence-electron chi connectivity index (χ0n) is 14.1. The van der Waals surface area contributed by atoms with Crippen molar-refractivity contribution in [3.05, 3.63) is 35.7 Å². The summed E-state index contributed by atoms with van der Waals surface area (Å²) in [5, 5.41) is 0. The van der Waals surface area contributed by atoms with E-state index >= 15 is 0 Å². The number of rotatable bonds is 4. The SMILES string of the molecule is CCSc1cc(C(F)(F)F)cnc1-c1nc2cc(C)cnc2n1CC. The summed E-state index contributed by atoms with van der Waals surface area (Å²) in [5.74, 6) is 1.18. The number of aryl methyl sites for hydroxylation is 2. The van der Waals surface area contributed by atoms with Crippen LogP contribution in [0.1, 0.15) is 25.0 Å². The molecule has 0 spiro atoms. The summed E-state index contributed by atoms with van der Waals surface area (Å²) in [5.41, 5.74) is 2.10. The van der Waals surface area contributed by atoms with Gasteiger partial charge in [0.05, 0.1) is 5.56 Å². The van der Waals surface area contributed by atoms with Crippen LogP contribution < -0.4 is 0 Å². The number of aromatic nitrogens is 4. The molecule has 0 saturated carbocycles. The maximum Gasteiger partial charge on any atom is 0.417 e. The Balaban J connectivity index is 2.23. The number of nitrogens with zero attached hydrogens (tertiary/aromatic N) is 4. The zero-order chi connectivity index (χ0) is 18.2. The van der Waals surface area contributed by atoms with Crippen molar-refractivity contribution >= 4 is 22.9 Å². The van der Waals surface area contributed by atoms with Gasteiger partial charge in [-0.05, 0) is 37.3 Å². The minimum atomic E-state index is -4.42. The first kappa shape index (κ1) is 17.7. The summed E-state index contributed by atoms with van der Waals surface area (Å²) in [6, 6.07) is 3.06. The molecule has 4 nitrogen and oxygen atoms in total. The molecule has 3 aromatic heterocycles. The number of fused-ring (bicyclic) bond motifs is 1. The van der Waals surface area contributed by atoms with Gasteiger partial charge in [-0.2, -0.15) is 13.2 Å². The highest BCUT2D eigenvalue weighted by Gasteiger charge is 2.32. The molecule has 0 aliphatic heterocycles. The Morgan fingerprint density at radius 1 is 1.12 bits per heavy atom. The number of thioether (sulfide) groups is 1. The number of hydrogen-bond donors (Lipinski definition) is 0. The summed E-state index contributed by atoms with van der Waals surface area (Å²) in [6.45, 7) is 6.36. The van der Waals surface area contributed by atoms with Gasteiger partial charge in [0.1, 0.15) is 11.2 Å². The molecule has 0 N–H and O–H groups in total. The number of pyridine rings is 2. The average Bonchev–Trinajstić information content (AvgIpc) is 2.91. The third kappa shape index (κ3) is 3.35. The highest BCUT2D eigenvalue weighted by Crippen LogP contribution is 2.36. The fraction of sp³-hybridized carbons (Fsp3) is 0.353. The van der Waals surface area contributed by atoms with E-state index in [4.69, 9.17) is 0 Å². The van der Waals surface area contributed by atoms with Crippen molar-refractivity contribution in [2.45, 2.75) is 38.4 Å². The van der Waals surface area contributed by atoms with Crippen molar-refractivity contribution in [3.8, 4) is 11.5 Å². The number of alkyl halides is 3. The molecule has 0 atom stereocenters. The zero-order valence-corrected chi connectivity index (χ0v) is 14.9. The second kappa shape index (κ2) is 6.67. The normalized spacial score (nSPS) is 12.1. The topological polar surface area (TPSA) is 43.6 Å². The number of hydrogen-bond acceptors (Lipinski definition) is 4. The Morgan fingerprint density at radius 3 is 2.52 bits per heavy atom. The van der Waals surface area contributed by atoms with Crippen LogP contribution in [-0.4, -0.2) is 25.3 Å². The van der Waals surface area contributed by atoms with E-state index < -0.39 is 11.7 Å². The van der Waals surface area contributed by atoms with E-state index in [9.17, 15) is 13.2 Å². The molecule has 0 bridgehead atoms. The smallest absolute Gasteiger partial charge is 0.308 e. The molecule has 3 aromatic rings. The van der Waals surface area contributed by atoms with Crippen LogP contribution in [0.25, 0.3) is 22.7 Å². The van der Waals surface area contributed by atoms with Crippen molar-refractivity contribution in [1.82, 2.24) is 19.5 Å². The second-order valence-electron chi connectivity index (χ2n) is 5.54. The maximum atomic E-state index is 13.0. The third-order valence-corrected chi connectivity index (χ3v) is 4.64. The molecule has 3 heterocycles. The molecule has 132 valence electrons. The molecule has 8 heteroatoms. The lowest BCUT2D eigenvalue weighted by molar-refractivity contribution is -0.138. The summed E-state index contributed by atoms with van der Waals surface area (Å²) in [6.07, 6.45) is -1.80. The standard InChI is InChI=1S/C17H17F3N4S/c1-4-24-15-12(6-10(3)8-22-15)23-16(24)14-13(25-5-2)7-11(9-21-14)17(18,19)20/h6-9H,4-5H2,1-3H3. The van der Waals surface area contributed by atoms with E-state index in [0.29, 0.717) is 39.9 Å². The predicted octanol–water partition coefficient (Wildman–Crippen LogP) is 4.95. The minimum absolute atomic E-state index is 0.456. The first-order valence-electron chi connectivity index (χ1n) is 7.88. The van der Waals surface area contributed by atoms with Gasteiger partial charge in [-0.25, -0.2) is 9.97 Å². The Kier molecular flexibility index (Phi) is 4.73. The maximum absolute atomic E-state index is 13.0. The third-order valence-electron chi connectivity index (χ3n) is 3.73. The van der Waals surface area contributed by atoms with Crippen molar-refractivity contribution in [3.63, 3.8) is 0 Å². The van der Waals surface area contributed by atoms with Crippen LogP contribution in [0.5, 0.6) is 0 Å². The number of imidazole rings is 1. The molecule has 3 rings (SSSR count). The molecule has 0 aliphatic rings. The van der Waals surface area contributed by atoms with Crippen LogP contribution in [0, 0.1) is 6.92 Å². The average molecular weight is 366 g/mol. The monoisotopic (exact) mass is 366 g/mol. The summed E-state index contributed by atoms with van der Waals surface area (Å²) < 4.78 is 40.9. The van der Waals surface area contributed by atoms with E-state index in [-0.39, 0.29) is 0 Å². The van der Waals surface area contributed by atoms with Crippen LogP contribution in [0.2, 0.25) is 0 Å². The summed E-state index contributed by atoms with van der Waals surface area (Å²) in [4.78, 5) is 13.6. The molecule has 0 aliphatic carbocycles. The second-order valence-corrected chi connectivity index (χ2v) is 6.84. The number of halogens is 3. The molecular weight excluding hydrogens is 349 g/mol. The van der Waals surface area contributed by atoms with Crippen LogP contribution in [0.15, 0.2) is 29.4 Å². The molecule has 0 fully saturated rings. The van der Waals surface area contributed by atoms with E-state index in [1.54, 1.807) is 6.20 Å². The summed E-state index contributed by atoms with van der Waals surface area (Å²) in [7, 11) is 0. The van der Waals surface area contributed by atoms with E-state index in [1.807, 2.05) is 31.4 Å². The molecule has 0 saturated heterocycles. The first-order valence-corrected chi connectivity index (χ1v) is 8.87. The Morgan fingerprint density at radius 2 is 1.88 bits per heavy atom.